The van der Waals surface area contributed by atoms with Crippen molar-refractivity contribution in [2.45, 2.75) is 33.5 Å². The first-order chi connectivity index (χ1) is 14.0. The van der Waals surface area contributed by atoms with Crippen LogP contribution >= 0.6 is 23.2 Å². The number of fused-ring (bicyclic) bond motifs is 1. The second kappa shape index (κ2) is 8.14. The molecule has 0 N–H and O–H groups in total. The molecule has 0 atom stereocenters. The van der Waals surface area contributed by atoms with Crippen molar-refractivity contribution in [3.8, 4) is 0 Å². The molecule has 0 amide bonds. The number of halogens is 2. The minimum atomic E-state index is -0.0178. The monoisotopic (exact) mass is 429 g/mol. The van der Waals surface area contributed by atoms with Crippen LogP contribution in [0.15, 0.2) is 47.4 Å². The number of aromatic nitrogens is 3. The normalized spacial score (nSPS) is 14.1. The molecular formula is C21H21Cl2N5O. The zero-order chi connectivity index (χ0) is 20.5. The molecule has 0 aliphatic carbocycles. The molecule has 150 valence electrons. The smallest absolute Gasteiger partial charge is 0.259 e. The molecule has 0 saturated heterocycles. The Labute approximate surface area is 179 Å². The van der Waals surface area contributed by atoms with Gasteiger partial charge in [-0.15, -0.1) is 0 Å². The van der Waals surface area contributed by atoms with Gasteiger partial charge in [-0.1, -0.05) is 36.2 Å². The Morgan fingerprint density at radius 3 is 2.66 bits per heavy atom. The number of anilines is 2. The molecule has 1 aromatic carbocycles. The van der Waals surface area contributed by atoms with Gasteiger partial charge in [0, 0.05) is 29.0 Å². The van der Waals surface area contributed by atoms with E-state index in [0.29, 0.717) is 42.3 Å². The maximum absolute atomic E-state index is 13.2. The van der Waals surface area contributed by atoms with Crippen LogP contribution < -0.4 is 10.5 Å². The van der Waals surface area contributed by atoms with E-state index in [1.807, 2.05) is 43.0 Å². The second-order valence-corrected chi connectivity index (χ2v) is 7.86. The van der Waals surface area contributed by atoms with Crippen molar-refractivity contribution in [3.63, 3.8) is 0 Å². The SMILES string of the molecule is CCc1c(C)nc2n(c1=O)CN(Cc1ccccn1)CN2c1ccc(Cl)cc1Cl. The summed E-state index contributed by atoms with van der Waals surface area (Å²) in [6.07, 6.45) is 2.41. The summed E-state index contributed by atoms with van der Waals surface area (Å²) in [4.78, 5) is 26.5. The van der Waals surface area contributed by atoms with E-state index in [2.05, 4.69) is 9.88 Å². The molecule has 0 spiro atoms. The van der Waals surface area contributed by atoms with E-state index in [0.717, 1.165) is 22.6 Å². The zero-order valence-electron chi connectivity index (χ0n) is 16.3. The summed E-state index contributed by atoms with van der Waals surface area (Å²) in [6.45, 7) is 5.41. The van der Waals surface area contributed by atoms with Crippen molar-refractivity contribution in [3.05, 3.63) is 79.9 Å². The van der Waals surface area contributed by atoms with E-state index >= 15 is 0 Å². The van der Waals surface area contributed by atoms with Crippen molar-refractivity contribution in [2.75, 3.05) is 11.6 Å². The number of aryl methyl sites for hydroxylation is 1. The molecule has 0 unspecified atom stereocenters. The van der Waals surface area contributed by atoms with Gasteiger partial charge >= 0.3 is 0 Å². The van der Waals surface area contributed by atoms with Crippen LogP contribution in [0.1, 0.15) is 23.9 Å². The minimum Gasteiger partial charge on any atom is -0.297 e. The van der Waals surface area contributed by atoms with Gasteiger partial charge in [0.1, 0.15) is 0 Å². The van der Waals surface area contributed by atoms with E-state index in [9.17, 15) is 4.79 Å². The third kappa shape index (κ3) is 3.88. The molecule has 3 heterocycles. The maximum Gasteiger partial charge on any atom is 0.259 e. The molecule has 0 radical (unpaired) electrons. The van der Waals surface area contributed by atoms with Crippen molar-refractivity contribution in [2.24, 2.45) is 0 Å². The lowest BCUT2D eigenvalue weighted by Gasteiger charge is -2.38. The van der Waals surface area contributed by atoms with Gasteiger partial charge in [0.05, 0.1) is 29.7 Å². The third-order valence-electron chi connectivity index (χ3n) is 5.04. The maximum atomic E-state index is 13.2. The van der Waals surface area contributed by atoms with Gasteiger partial charge in [-0.3, -0.25) is 24.1 Å². The zero-order valence-corrected chi connectivity index (χ0v) is 17.8. The summed E-state index contributed by atoms with van der Waals surface area (Å²) < 4.78 is 1.71. The van der Waals surface area contributed by atoms with E-state index in [1.54, 1.807) is 22.9 Å². The average Bonchev–Trinajstić information content (AvgIpc) is 2.69. The third-order valence-corrected chi connectivity index (χ3v) is 5.58. The fourth-order valence-corrected chi connectivity index (χ4v) is 4.15. The molecule has 1 aliphatic rings. The molecule has 0 saturated carbocycles. The standard InChI is InChI=1S/C21H21Cl2N5O/c1-3-17-14(2)25-21-27(19-8-7-15(22)10-18(19)23)12-26(13-28(21)20(17)29)11-16-6-4-5-9-24-16/h4-10H,3,11-13H2,1-2H3. The highest BCUT2D eigenvalue weighted by molar-refractivity contribution is 6.36. The Bertz CT molecular complexity index is 1100. The molecule has 1 aliphatic heterocycles. The van der Waals surface area contributed by atoms with E-state index in [4.69, 9.17) is 28.2 Å². The van der Waals surface area contributed by atoms with Crippen LogP contribution in [0.3, 0.4) is 0 Å². The van der Waals surface area contributed by atoms with E-state index < -0.39 is 0 Å². The largest absolute Gasteiger partial charge is 0.297 e. The molecule has 0 bridgehead atoms. The van der Waals surface area contributed by atoms with Crippen LogP contribution in [0, 0.1) is 6.92 Å². The Morgan fingerprint density at radius 1 is 1.14 bits per heavy atom. The summed E-state index contributed by atoms with van der Waals surface area (Å²) in [5, 5.41) is 1.07. The fraction of sp³-hybridized carbons (Fsp3) is 0.286. The molecule has 29 heavy (non-hydrogen) atoms. The average molecular weight is 430 g/mol. The van der Waals surface area contributed by atoms with Crippen LogP contribution in [-0.4, -0.2) is 26.1 Å². The summed E-state index contributed by atoms with van der Waals surface area (Å²) in [5.41, 5.74) is 3.15. The predicted octanol–water partition coefficient (Wildman–Crippen LogP) is 4.38. The molecule has 3 aromatic rings. The van der Waals surface area contributed by atoms with Crippen LogP contribution in [-0.2, 0) is 19.6 Å². The van der Waals surface area contributed by atoms with E-state index in [-0.39, 0.29) is 5.56 Å². The van der Waals surface area contributed by atoms with Crippen LogP contribution in [0.4, 0.5) is 11.6 Å². The number of hydrogen-bond acceptors (Lipinski definition) is 5. The lowest BCUT2D eigenvalue weighted by Crippen LogP contribution is -2.47. The second-order valence-electron chi connectivity index (χ2n) is 7.02. The Morgan fingerprint density at radius 2 is 1.97 bits per heavy atom. The first-order valence-corrected chi connectivity index (χ1v) is 10.2. The van der Waals surface area contributed by atoms with Crippen molar-refractivity contribution in [1.82, 2.24) is 19.4 Å². The number of pyridine rings is 1. The highest BCUT2D eigenvalue weighted by Gasteiger charge is 2.29. The van der Waals surface area contributed by atoms with Gasteiger partial charge in [-0.05, 0) is 43.7 Å². The van der Waals surface area contributed by atoms with Crippen LogP contribution in [0.2, 0.25) is 10.0 Å². The van der Waals surface area contributed by atoms with Crippen LogP contribution in [0.25, 0.3) is 0 Å². The summed E-state index contributed by atoms with van der Waals surface area (Å²) in [7, 11) is 0. The lowest BCUT2D eigenvalue weighted by molar-refractivity contribution is 0.187. The van der Waals surface area contributed by atoms with Gasteiger partial charge in [0.2, 0.25) is 5.95 Å². The van der Waals surface area contributed by atoms with Gasteiger partial charge in [0.25, 0.3) is 5.56 Å². The number of rotatable bonds is 4. The molecule has 4 rings (SSSR count). The van der Waals surface area contributed by atoms with Gasteiger partial charge < -0.3 is 0 Å². The van der Waals surface area contributed by atoms with Gasteiger partial charge in [0.15, 0.2) is 0 Å². The molecule has 8 heteroatoms. The molecule has 2 aromatic heterocycles. The Balaban J connectivity index is 1.82. The van der Waals surface area contributed by atoms with Crippen molar-refractivity contribution >= 4 is 34.8 Å². The fourth-order valence-electron chi connectivity index (χ4n) is 3.64. The van der Waals surface area contributed by atoms with Gasteiger partial charge in [-0.2, -0.15) is 0 Å². The number of benzene rings is 1. The Kier molecular flexibility index (Phi) is 5.58. The van der Waals surface area contributed by atoms with Crippen molar-refractivity contribution < 1.29 is 0 Å². The molecule has 0 fully saturated rings. The minimum absolute atomic E-state index is 0.0178. The van der Waals surface area contributed by atoms with Crippen LogP contribution in [0.5, 0.6) is 0 Å². The first-order valence-electron chi connectivity index (χ1n) is 9.43. The highest BCUT2D eigenvalue weighted by atomic mass is 35.5. The summed E-state index contributed by atoms with van der Waals surface area (Å²) >= 11 is 12.6. The first kappa shape index (κ1) is 19.9. The highest BCUT2D eigenvalue weighted by Crippen LogP contribution is 2.35. The van der Waals surface area contributed by atoms with Crippen molar-refractivity contribution in [1.29, 1.82) is 0 Å². The quantitative estimate of drug-likeness (QED) is 0.615. The summed E-state index contributed by atoms with van der Waals surface area (Å²) in [6, 6.07) is 11.2. The molecular weight excluding hydrogens is 409 g/mol. The number of nitrogens with zero attached hydrogens (tertiary/aromatic N) is 5. The Hall–Kier alpha value is -2.41. The lowest BCUT2D eigenvalue weighted by atomic mass is 10.2. The molecule has 6 nitrogen and oxygen atoms in total. The summed E-state index contributed by atoms with van der Waals surface area (Å²) in [5.74, 6) is 0.589. The topological polar surface area (TPSA) is 54.3 Å². The van der Waals surface area contributed by atoms with E-state index in [1.165, 1.54) is 0 Å². The van der Waals surface area contributed by atoms with Gasteiger partial charge in [-0.25, -0.2) is 4.98 Å². The predicted molar refractivity (Wildman–Crippen MR) is 116 cm³/mol. The number of hydrogen-bond donors (Lipinski definition) is 0.